The van der Waals surface area contributed by atoms with E-state index in [0.29, 0.717) is 11.2 Å². The average Bonchev–Trinajstić information content (AvgIpc) is 2.37. The van der Waals surface area contributed by atoms with Crippen molar-refractivity contribution in [1.29, 1.82) is 0 Å². The highest BCUT2D eigenvalue weighted by atomic mass is 19.1. The van der Waals surface area contributed by atoms with Crippen molar-refractivity contribution in [1.82, 2.24) is 5.12 Å². The number of anilines is 1. The molecule has 20 heavy (non-hydrogen) atoms. The summed E-state index contributed by atoms with van der Waals surface area (Å²) in [6.45, 7) is 0. The molecule has 0 saturated heterocycles. The van der Waals surface area contributed by atoms with Crippen molar-refractivity contribution in [3.8, 4) is 0 Å². The Morgan fingerprint density at radius 2 is 1.65 bits per heavy atom. The van der Waals surface area contributed by atoms with Gasteiger partial charge in [-0.15, -0.1) is 0 Å². The van der Waals surface area contributed by atoms with Crippen LogP contribution < -0.4 is 11.3 Å². The summed E-state index contributed by atoms with van der Waals surface area (Å²) >= 11 is 0. The van der Waals surface area contributed by atoms with Gasteiger partial charge in [0.1, 0.15) is 17.5 Å². The number of nitrogens with one attached hydrogen (secondary N) is 1. The van der Waals surface area contributed by atoms with Gasteiger partial charge >= 0.3 is 0 Å². The molecule has 0 saturated carbocycles. The van der Waals surface area contributed by atoms with Crippen molar-refractivity contribution in [2.24, 2.45) is 5.84 Å². The van der Waals surface area contributed by atoms with Crippen molar-refractivity contribution in [2.75, 3.05) is 5.43 Å². The second-order valence-corrected chi connectivity index (χ2v) is 3.92. The fourth-order valence-electron chi connectivity index (χ4n) is 1.57. The van der Waals surface area contributed by atoms with Gasteiger partial charge in [0, 0.05) is 6.07 Å². The van der Waals surface area contributed by atoms with E-state index in [2.05, 4.69) is 5.43 Å². The molecule has 0 spiro atoms. The second-order valence-electron chi connectivity index (χ2n) is 3.92. The third-order valence-corrected chi connectivity index (χ3v) is 2.44. The molecule has 0 fully saturated rings. The monoisotopic (exact) mass is 281 g/mol. The van der Waals surface area contributed by atoms with Crippen LogP contribution in [0.25, 0.3) is 0 Å². The van der Waals surface area contributed by atoms with E-state index in [1.54, 1.807) is 0 Å². The van der Waals surface area contributed by atoms with Gasteiger partial charge in [0.05, 0.1) is 11.3 Å². The number of amides is 1. The van der Waals surface area contributed by atoms with Crippen LogP contribution in [0.5, 0.6) is 0 Å². The summed E-state index contributed by atoms with van der Waals surface area (Å²) in [5.74, 6) is 2.11. The first kappa shape index (κ1) is 13.9. The summed E-state index contributed by atoms with van der Waals surface area (Å²) in [5, 5.41) is 0.451. The molecular formula is C13H10F3N3O. The van der Waals surface area contributed by atoms with E-state index in [1.165, 1.54) is 18.2 Å². The molecule has 7 heteroatoms. The Balaban J connectivity index is 2.18. The van der Waals surface area contributed by atoms with Gasteiger partial charge in [0.25, 0.3) is 5.91 Å². The summed E-state index contributed by atoms with van der Waals surface area (Å²) < 4.78 is 39.4. The fraction of sp³-hybridized carbons (Fsp3) is 0. The summed E-state index contributed by atoms with van der Waals surface area (Å²) in [6.07, 6.45) is 0. The van der Waals surface area contributed by atoms with E-state index in [-0.39, 0.29) is 11.3 Å². The van der Waals surface area contributed by atoms with Crippen LogP contribution in [0.2, 0.25) is 0 Å². The highest BCUT2D eigenvalue weighted by molar-refractivity contribution is 5.94. The largest absolute Gasteiger partial charge is 0.289 e. The smallest absolute Gasteiger partial charge is 0.281 e. The highest BCUT2D eigenvalue weighted by Crippen LogP contribution is 2.14. The summed E-state index contributed by atoms with van der Waals surface area (Å²) in [7, 11) is 0. The lowest BCUT2D eigenvalue weighted by molar-refractivity contribution is 0.0788. The number of benzene rings is 2. The second kappa shape index (κ2) is 5.62. The Morgan fingerprint density at radius 1 is 1.05 bits per heavy atom. The normalized spacial score (nSPS) is 10.2. The molecule has 0 unspecified atom stereocenters. The number of hydrogen-bond acceptors (Lipinski definition) is 3. The Hall–Kier alpha value is -2.54. The van der Waals surface area contributed by atoms with Crippen LogP contribution in [0.4, 0.5) is 18.9 Å². The van der Waals surface area contributed by atoms with E-state index in [0.717, 1.165) is 18.2 Å². The van der Waals surface area contributed by atoms with E-state index in [1.807, 2.05) is 0 Å². The number of hydrogen-bond donors (Lipinski definition) is 2. The lowest BCUT2D eigenvalue weighted by Crippen LogP contribution is -2.42. The van der Waals surface area contributed by atoms with Gasteiger partial charge in [-0.1, -0.05) is 12.1 Å². The minimum Gasteiger partial charge on any atom is -0.281 e. The molecule has 0 aromatic heterocycles. The maximum atomic E-state index is 13.4. The fourth-order valence-corrected chi connectivity index (χ4v) is 1.57. The lowest BCUT2D eigenvalue weighted by Gasteiger charge is -2.19. The summed E-state index contributed by atoms with van der Waals surface area (Å²) in [4.78, 5) is 11.9. The maximum Gasteiger partial charge on any atom is 0.289 e. The minimum absolute atomic E-state index is 0.0744. The van der Waals surface area contributed by atoms with Crippen molar-refractivity contribution >= 4 is 11.6 Å². The van der Waals surface area contributed by atoms with Crippen molar-refractivity contribution < 1.29 is 18.0 Å². The number of carbonyl (C=O) groups excluding carboxylic acids is 1. The number of rotatable bonds is 3. The number of nitrogens with two attached hydrogens (primary N) is 1. The highest BCUT2D eigenvalue weighted by Gasteiger charge is 2.16. The summed E-state index contributed by atoms with van der Waals surface area (Å²) in [6, 6.07) is 7.78. The number of halogens is 3. The zero-order chi connectivity index (χ0) is 14.7. The third-order valence-electron chi connectivity index (χ3n) is 2.44. The SMILES string of the molecule is NN(Nc1cc(F)cc(F)c1)C(=O)c1ccccc1F. The molecule has 0 bridgehead atoms. The molecule has 4 nitrogen and oxygen atoms in total. The topological polar surface area (TPSA) is 58.4 Å². The van der Waals surface area contributed by atoms with E-state index in [9.17, 15) is 18.0 Å². The van der Waals surface area contributed by atoms with E-state index < -0.39 is 23.4 Å². The van der Waals surface area contributed by atoms with Gasteiger partial charge in [-0.25, -0.2) is 19.0 Å². The first-order valence-electron chi connectivity index (χ1n) is 5.54. The third kappa shape index (κ3) is 3.07. The van der Waals surface area contributed by atoms with Crippen LogP contribution in [0.15, 0.2) is 42.5 Å². The quantitative estimate of drug-likeness (QED) is 0.516. The molecule has 2 aromatic carbocycles. The Labute approximate surface area is 112 Å². The number of carbonyl (C=O) groups is 1. The standard InChI is InChI=1S/C13H10F3N3O/c14-8-5-9(15)7-10(6-8)18-19(17)13(20)11-3-1-2-4-12(11)16/h1-7,18H,17H2. The summed E-state index contributed by atoms with van der Waals surface area (Å²) in [5.41, 5.74) is 1.93. The van der Waals surface area contributed by atoms with Gasteiger partial charge in [0.15, 0.2) is 0 Å². The van der Waals surface area contributed by atoms with Gasteiger partial charge in [-0.3, -0.25) is 10.2 Å². The minimum atomic E-state index is -0.882. The van der Waals surface area contributed by atoms with Crippen LogP contribution in [0.1, 0.15) is 10.4 Å². The van der Waals surface area contributed by atoms with Crippen molar-refractivity contribution in [3.63, 3.8) is 0 Å². The molecule has 2 aromatic rings. The Kier molecular flexibility index (Phi) is 3.90. The number of nitrogens with zero attached hydrogens (tertiary/aromatic N) is 1. The van der Waals surface area contributed by atoms with Gasteiger partial charge < -0.3 is 0 Å². The van der Waals surface area contributed by atoms with Crippen LogP contribution in [0, 0.1) is 17.5 Å². The maximum absolute atomic E-state index is 13.4. The molecule has 0 aliphatic heterocycles. The molecule has 0 heterocycles. The molecule has 2 rings (SSSR count). The van der Waals surface area contributed by atoms with Crippen molar-refractivity contribution in [2.45, 2.75) is 0 Å². The average molecular weight is 281 g/mol. The predicted octanol–water partition coefficient (Wildman–Crippen LogP) is 2.45. The van der Waals surface area contributed by atoms with Gasteiger partial charge in [0.2, 0.25) is 0 Å². The molecule has 0 aliphatic carbocycles. The zero-order valence-corrected chi connectivity index (χ0v) is 10.1. The molecular weight excluding hydrogens is 271 g/mol. The van der Waals surface area contributed by atoms with Crippen LogP contribution in [-0.2, 0) is 0 Å². The molecule has 0 radical (unpaired) electrons. The number of hydrazine groups is 2. The van der Waals surface area contributed by atoms with Crippen LogP contribution in [-0.4, -0.2) is 11.0 Å². The van der Waals surface area contributed by atoms with Crippen LogP contribution in [0.3, 0.4) is 0 Å². The Morgan fingerprint density at radius 3 is 2.25 bits per heavy atom. The molecule has 3 N–H and O–H groups in total. The van der Waals surface area contributed by atoms with E-state index >= 15 is 0 Å². The first-order valence-corrected chi connectivity index (χ1v) is 5.54. The molecule has 1 amide bonds. The van der Waals surface area contributed by atoms with Gasteiger partial charge in [-0.05, 0) is 24.3 Å². The zero-order valence-electron chi connectivity index (χ0n) is 10.1. The molecule has 0 atom stereocenters. The lowest BCUT2D eigenvalue weighted by atomic mass is 10.2. The Bertz CT molecular complexity index is 628. The predicted molar refractivity (Wildman–Crippen MR) is 66.7 cm³/mol. The van der Waals surface area contributed by atoms with E-state index in [4.69, 9.17) is 5.84 Å². The van der Waals surface area contributed by atoms with Crippen LogP contribution >= 0.6 is 0 Å². The molecule has 104 valence electrons. The van der Waals surface area contributed by atoms with Gasteiger partial charge in [-0.2, -0.15) is 5.12 Å². The first-order chi connectivity index (χ1) is 9.47. The molecule has 0 aliphatic rings. The van der Waals surface area contributed by atoms with Crippen molar-refractivity contribution in [3.05, 3.63) is 65.5 Å².